The molecular weight excluding hydrogens is 661 g/mol. The van der Waals surface area contributed by atoms with Crippen molar-refractivity contribution in [1.29, 1.82) is 0 Å². The van der Waals surface area contributed by atoms with E-state index in [1.165, 1.54) is 0 Å². The fourth-order valence-electron chi connectivity index (χ4n) is 7.72. The van der Waals surface area contributed by atoms with Crippen LogP contribution in [0.25, 0.3) is 110 Å². The van der Waals surface area contributed by atoms with Gasteiger partial charge in [0.05, 0.1) is 44.5 Å². The van der Waals surface area contributed by atoms with Gasteiger partial charge >= 0.3 is 0 Å². The number of nitrogens with zero attached hydrogens (tertiary/aromatic N) is 6. The molecule has 11 rings (SSSR count). The van der Waals surface area contributed by atoms with E-state index in [1.54, 1.807) is 0 Å². The fourth-order valence-corrected chi connectivity index (χ4v) is 7.72. The minimum atomic E-state index is 0.889. The van der Waals surface area contributed by atoms with Crippen LogP contribution in [-0.4, -0.2) is 29.9 Å². The number of rotatable bonds is 4. The first-order chi connectivity index (χ1) is 26.7. The Balaban J connectivity index is 0.879. The van der Waals surface area contributed by atoms with E-state index in [0.717, 1.165) is 110 Å². The Morgan fingerprint density at radius 1 is 0.296 bits per heavy atom. The molecule has 0 aliphatic carbocycles. The highest BCUT2D eigenvalue weighted by atomic mass is 14.7. The van der Waals surface area contributed by atoms with E-state index >= 15 is 0 Å². The molecule has 0 saturated carbocycles. The van der Waals surface area contributed by atoms with Gasteiger partial charge in [-0.1, -0.05) is 84.9 Å². The number of pyridine rings is 6. The molecule has 0 N–H and O–H groups in total. The highest BCUT2D eigenvalue weighted by molar-refractivity contribution is 6.09. The topological polar surface area (TPSA) is 77.3 Å². The normalized spacial score (nSPS) is 11.7. The molecule has 6 aromatic heterocycles. The molecule has 6 nitrogen and oxygen atoms in total. The van der Waals surface area contributed by atoms with Crippen LogP contribution in [0.15, 0.2) is 170 Å². The maximum Gasteiger partial charge on any atom is 0.0971 e. The molecule has 5 aromatic carbocycles. The first-order valence-electron chi connectivity index (χ1n) is 17.9. The Hall–Kier alpha value is -7.44. The van der Waals surface area contributed by atoms with Gasteiger partial charge < -0.3 is 0 Å². The lowest BCUT2D eigenvalue weighted by Crippen LogP contribution is -1.91. The zero-order valence-electron chi connectivity index (χ0n) is 28.8. The van der Waals surface area contributed by atoms with Crippen LogP contribution in [0.4, 0.5) is 0 Å². The van der Waals surface area contributed by atoms with Crippen LogP contribution in [0.5, 0.6) is 0 Å². The van der Waals surface area contributed by atoms with Crippen molar-refractivity contribution >= 4 is 65.4 Å². The minimum Gasteiger partial charge on any atom is -0.254 e. The van der Waals surface area contributed by atoms with Gasteiger partial charge in [-0.3, -0.25) is 19.9 Å². The van der Waals surface area contributed by atoms with E-state index in [2.05, 4.69) is 147 Å². The second kappa shape index (κ2) is 12.1. The molecule has 11 aromatic rings. The van der Waals surface area contributed by atoms with Gasteiger partial charge in [-0.15, -0.1) is 0 Å². The van der Waals surface area contributed by atoms with Gasteiger partial charge in [-0.05, 0) is 82.9 Å². The third kappa shape index (κ3) is 4.96. The maximum atomic E-state index is 5.08. The molecule has 0 aliphatic heterocycles. The molecule has 6 heterocycles. The quantitative estimate of drug-likeness (QED) is 0.171. The monoisotopic (exact) mass is 688 g/mol. The van der Waals surface area contributed by atoms with Crippen LogP contribution in [0, 0.1) is 0 Å². The van der Waals surface area contributed by atoms with E-state index in [1.807, 2.05) is 43.0 Å². The van der Waals surface area contributed by atoms with Crippen molar-refractivity contribution in [3.05, 3.63) is 170 Å². The Bertz CT molecular complexity index is 3280. The summed E-state index contributed by atoms with van der Waals surface area (Å²) >= 11 is 0. The molecule has 0 atom stereocenters. The summed E-state index contributed by atoms with van der Waals surface area (Å²) < 4.78 is 0. The second-order valence-corrected chi connectivity index (χ2v) is 13.6. The Morgan fingerprint density at radius 3 is 1.41 bits per heavy atom. The van der Waals surface area contributed by atoms with Gasteiger partial charge in [0.2, 0.25) is 0 Å². The van der Waals surface area contributed by atoms with E-state index in [9.17, 15) is 0 Å². The number of hydrogen-bond acceptors (Lipinski definition) is 6. The molecule has 0 aliphatic rings. The fraction of sp³-hybridized carbons (Fsp3) is 0. The standard InChI is InChI=1S/C48H28N6/c1-3-31-9-15-39-37(21-25-51-47(39)45(31)49-23-1)29-5-7-30(8-6-29)41-19-13-35-27-33(11-17-42(35)53-41)34-12-18-43-36(28-34)14-20-44(54-43)38-22-26-52-48-40(38)16-10-32-4-2-24-50-46(32)48/h1-28H. The van der Waals surface area contributed by atoms with Crippen molar-refractivity contribution in [2.45, 2.75) is 0 Å². The predicted molar refractivity (Wildman–Crippen MR) is 220 cm³/mol. The second-order valence-electron chi connectivity index (χ2n) is 13.6. The molecular formula is C48H28N6. The molecule has 0 saturated heterocycles. The SMILES string of the molecule is c1cnc2c(c1)ccc1c(-c3ccc(-c4ccc5cc(-c6ccc7nc(-c8ccnc9c8ccc8cccnc89)ccc7c6)ccc5n4)cc3)ccnc12. The summed E-state index contributed by atoms with van der Waals surface area (Å²) in [5.74, 6) is 0. The third-order valence-electron chi connectivity index (χ3n) is 10.4. The average molecular weight is 689 g/mol. The van der Waals surface area contributed by atoms with E-state index in [-0.39, 0.29) is 0 Å². The van der Waals surface area contributed by atoms with Crippen molar-refractivity contribution in [3.8, 4) is 44.8 Å². The van der Waals surface area contributed by atoms with Crippen molar-refractivity contribution in [2.24, 2.45) is 0 Å². The molecule has 0 fully saturated rings. The lowest BCUT2D eigenvalue weighted by Gasteiger charge is -2.10. The molecule has 54 heavy (non-hydrogen) atoms. The molecule has 250 valence electrons. The lowest BCUT2D eigenvalue weighted by atomic mass is 9.98. The molecule has 6 heteroatoms. The number of benzene rings is 5. The molecule has 0 unspecified atom stereocenters. The number of aromatic nitrogens is 6. The first-order valence-corrected chi connectivity index (χ1v) is 17.9. The van der Waals surface area contributed by atoms with Crippen molar-refractivity contribution in [3.63, 3.8) is 0 Å². The van der Waals surface area contributed by atoms with Gasteiger partial charge in [0.1, 0.15) is 0 Å². The van der Waals surface area contributed by atoms with Gasteiger partial charge in [0.15, 0.2) is 0 Å². The van der Waals surface area contributed by atoms with Crippen LogP contribution >= 0.6 is 0 Å². The summed E-state index contributed by atoms with van der Waals surface area (Å²) in [5.41, 5.74) is 14.1. The number of hydrogen-bond donors (Lipinski definition) is 0. The lowest BCUT2D eigenvalue weighted by molar-refractivity contribution is 1.36. The van der Waals surface area contributed by atoms with Crippen LogP contribution in [0.2, 0.25) is 0 Å². The van der Waals surface area contributed by atoms with Gasteiger partial charge in [-0.2, -0.15) is 0 Å². The Morgan fingerprint density at radius 2 is 0.778 bits per heavy atom. The molecule has 0 amide bonds. The highest BCUT2D eigenvalue weighted by Gasteiger charge is 2.13. The summed E-state index contributed by atoms with van der Waals surface area (Å²) in [6.45, 7) is 0. The molecule has 0 bridgehead atoms. The Labute approximate surface area is 309 Å². The van der Waals surface area contributed by atoms with E-state index < -0.39 is 0 Å². The average Bonchev–Trinajstić information content (AvgIpc) is 3.25. The predicted octanol–water partition coefficient (Wildman–Crippen LogP) is 11.6. The smallest absolute Gasteiger partial charge is 0.0971 e. The van der Waals surface area contributed by atoms with Gasteiger partial charge in [0, 0.05) is 68.2 Å². The van der Waals surface area contributed by atoms with Crippen LogP contribution in [0.3, 0.4) is 0 Å². The van der Waals surface area contributed by atoms with Crippen LogP contribution in [-0.2, 0) is 0 Å². The van der Waals surface area contributed by atoms with Gasteiger partial charge in [-0.25, -0.2) is 9.97 Å². The van der Waals surface area contributed by atoms with Crippen molar-refractivity contribution in [1.82, 2.24) is 29.9 Å². The number of fused-ring (bicyclic) bond motifs is 8. The highest BCUT2D eigenvalue weighted by Crippen LogP contribution is 2.35. The summed E-state index contributed by atoms with van der Waals surface area (Å²) in [5, 5.41) is 6.48. The first kappa shape index (κ1) is 30.2. The van der Waals surface area contributed by atoms with Crippen LogP contribution < -0.4 is 0 Å². The summed E-state index contributed by atoms with van der Waals surface area (Å²) in [6, 6.07) is 50.7. The van der Waals surface area contributed by atoms with Crippen molar-refractivity contribution < 1.29 is 0 Å². The summed E-state index contributed by atoms with van der Waals surface area (Å²) in [4.78, 5) is 28.7. The zero-order chi connectivity index (χ0) is 35.6. The maximum absolute atomic E-state index is 5.08. The zero-order valence-corrected chi connectivity index (χ0v) is 28.8. The molecule has 0 radical (unpaired) electrons. The largest absolute Gasteiger partial charge is 0.254 e. The van der Waals surface area contributed by atoms with Crippen molar-refractivity contribution in [2.75, 3.05) is 0 Å². The molecule has 0 spiro atoms. The minimum absolute atomic E-state index is 0.889. The van der Waals surface area contributed by atoms with Crippen LogP contribution in [0.1, 0.15) is 0 Å². The van der Waals surface area contributed by atoms with Gasteiger partial charge in [0.25, 0.3) is 0 Å². The Kier molecular flexibility index (Phi) is 6.75. The summed E-state index contributed by atoms with van der Waals surface area (Å²) in [7, 11) is 0. The third-order valence-corrected chi connectivity index (χ3v) is 10.4. The van der Waals surface area contributed by atoms with E-state index in [0.29, 0.717) is 0 Å². The van der Waals surface area contributed by atoms with E-state index in [4.69, 9.17) is 9.97 Å². The summed E-state index contributed by atoms with van der Waals surface area (Å²) in [6.07, 6.45) is 7.36.